The van der Waals surface area contributed by atoms with Crippen molar-refractivity contribution in [2.24, 2.45) is 10.2 Å². The van der Waals surface area contributed by atoms with Gasteiger partial charge in [0, 0.05) is 12.0 Å². The number of phenols is 1. The topological polar surface area (TPSA) is 97.3 Å². The molecule has 0 bridgehead atoms. The maximum absolute atomic E-state index is 12.2. The number of rotatable bonds is 11. The standard InChI is InChI=1S/C27H37N3O3/c1-5-6-7-8-9-12-17-33-25(31)16-15-20-18-21(27(2,3)4)26(32)24(19-20)30-29-23-14-11-10-13-22(23)28/h9-14,18-19,32H,5-8,15-17,28H2,1-4H3/b12-9-,30-29?. The molecule has 0 amide bonds. The molecule has 0 aliphatic heterocycles. The smallest absolute Gasteiger partial charge is 0.306 e. The summed E-state index contributed by atoms with van der Waals surface area (Å²) in [5.41, 5.74) is 8.67. The van der Waals surface area contributed by atoms with Crippen molar-refractivity contribution in [2.45, 2.75) is 71.6 Å². The Morgan fingerprint density at radius 2 is 1.82 bits per heavy atom. The first kappa shape index (κ1) is 26.1. The van der Waals surface area contributed by atoms with Gasteiger partial charge < -0.3 is 15.6 Å². The van der Waals surface area contributed by atoms with E-state index in [2.05, 4.69) is 23.2 Å². The number of carbonyl (C=O) groups is 1. The van der Waals surface area contributed by atoms with E-state index in [-0.39, 0.29) is 23.6 Å². The highest BCUT2D eigenvalue weighted by Gasteiger charge is 2.22. The highest BCUT2D eigenvalue weighted by molar-refractivity contribution is 5.70. The number of nitrogens with two attached hydrogens (primary N) is 1. The van der Waals surface area contributed by atoms with Crippen LogP contribution in [0.5, 0.6) is 5.75 Å². The van der Waals surface area contributed by atoms with Crippen LogP contribution < -0.4 is 5.73 Å². The maximum Gasteiger partial charge on any atom is 0.306 e. The molecule has 0 spiro atoms. The third kappa shape index (κ3) is 8.72. The Morgan fingerprint density at radius 1 is 1.09 bits per heavy atom. The van der Waals surface area contributed by atoms with Gasteiger partial charge in [0.25, 0.3) is 0 Å². The molecular formula is C27H37N3O3. The summed E-state index contributed by atoms with van der Waals surface area (Å²) in [4.78, 5) is 12.2. The minimum absolute atomic E-state index is 0.0836. The quantitative estimate of drug-likeness (QED) is 0.123. The lowest BCUT2D eigenvalue weighted by Crippen LogP contribution is -2.12. The number of phenolic OH excluding ortho intramolecular Hbond substituents is 1. The van der Waals surface area contributed by atoms with E-state index < -0.39 is 0 Å². The Bertz CT molecular complexity index is 975. The van der Waals surface area contributed by atoms with E-state index >= 15 is 0 Å². The Labute approximate surface area is 197 Å². The van der Waals surface area contributed by atoms with Gasteiger partial charge in [0.1, 0.15) is 23.7 Å². The van der Waals surface area contributed by atoms with Crippen LogP contribution in [0.1, 0.15) is 70.9 Å². The van der Waals surface area contributed by atoms with Gasteiger partial charge in [-0.15, -0.1) is 10.2 Å². The number of para-hydroxylation sites is 1. The highest BCUT2D eigenvalue weighted by atomic mass is 16.5. The molecule has 0 aliphatic carbocycles. The molecule has 0 radical (unpaired) electrons. The van der Waals surface area contributed by atoms with Crippen LogP contribution in [0.2, 0.25) is 0 Å². The second-order valence-corrected chi connectivity index (χ2v) is 9.17. The molecule has 6 nitrogen and oxygen atoms in total. The van der Waals surface area contributed by atoms with Crippen molar-refractivity contribution in [3.63, 3.8) is 0 Å². The van der Waals surface area contributed by atoms with Crippen LogP contribution in [0.3, 0.4) is 0 Å². The first-order valence-electron chi connectivity index (χ1n) is 11.7. The van der Waals surface area contributed by atoms with E-state index in [1.165, 1.54) is 12.8 Å². The van der Waals surface area contributed by atoms with Crippen molar-refractivity contribution in [2.75, 3.05) is 12.3 Å². The zero-order valence-corrected chi connectivity index (χ0v) is 20.3. The fourth-order valence-corrected chi connectivity index (χ4v) is 3.31. The van der Waals surface area contributed by atoms with E-state index in [0.717, 1.165) is 24.0 Å². The van der Waals surface area contributed by atoms with Crippen molar-refractivity contribution >= 4 is 23.0 Å². The SMILES string of the molecule is CCCCC/C=C\COC(=O)CCc1cc(N=Nc2ccccc2N)c(O)c(C(C)(C)C)c1. The molecule has 0 saturated carbocycles. The van der Waals surface area contributed by atoms with Crippen LogP contribution in [-0.2, 0) is 21.4 Å². The number of benzene rings is 2. The number of anilines is 1. The van der Waals surface area contributed by atoms with Gasteiger partial charge in [-0.2, -0.15) is 0 Å². The van der Waals surface area contributed by atoms with E-state index in [1.807, 2.05) is 45.0 Å². The molecule has 178 valence electrons. The van der Waals surface area contributed by atoms with Crippen LogP contribution in [0, 0.1) is 0 Å². The van der Waals surface area contributed by atoms with Gasteiger partial charge in [-0.3, -0.25) is 4.79 Å². The third-order valence-electron chi connectivity index (χ3n) is 5.26. The molecule has 0 unspecified atom stereocenters. The van der Waals surface area contributed by atoms with E-state index in [0.29, 0.717) is 30.1 Å². The number of allylic oxidation sites excluding steroid dienone is 1. The highest BCUT2D eigenvalue weighted by Crippen LogP contribution is 2.40. The van der Waals surface area contributed by atoms with E-state index in [1.54, 1.807) is 18.2 Å². The fourth-order valence-electron chi connectivity index (χ4n) is 3.31. The second kappa shape index (κ2) is 12.8. The fraction of sp³-hybridized carbons (Fsp3) is 0.444. The zero-order valence-electron chi connectivity index (χ0n) is 20.3. The van der Waals surface area contributed by atoms with E-state index in [9.17, 15) is 9.90 Å². The monoisotopic (exact) mass is 451 g/mol. The largest absolute Gasteiger partial charge is 0.505 e. The predicted octanol–water partition coefficient (Wildman–Crippen LogP) is 7.30. The number of aromatic hydroxyl groups is 1. The summed E-state index contributed by atoms with van der Waals surface area (Å²) in [6, 6.07) is 10.8. The molecule has 0 heterocycles. The Kier molecular flexibility index (Phi) is 10.1. The number of carbonyl (C=O) groups excluding carboxylic acids is 1. The molecule has 0 atom stereocenters. The van der Waals surface area contributed by atoms with Gasteiger partial charge in [-0.1, -0.05) is 70.9 Å². The predicted molar refractivity (Wildman–Crippen MR) is 134 cm³/mol. The van der Waals surface area contributed by atoms with Crippen LogP contribution >= 0.6 is 0 Å². The van der Waals surface area contributed by atoms with Crippen molar-refractivity contribution in [1.29, 1.82) is 0 Å². The van der Waals surface area contributed by atoms with Gasteiger partial charge >= 0.3 is 5.97 Å². The summed E-state index contributed by atoms with van der Waals surface area (Å²) in [6.07, 6.45) is 9.29. The van der Waals surface area contributed by atoms with Crippen molar-refractivity contribution in [3.05, 3.63) is 59.7 Å². The normalized spacial score (nSPS) is 12.0. The minimum atomic E-state index is -0.306. The lowest BCUT2D eigenvalue weighted by molar-refractivity contribution is -0.142. The lowest BCUT2D eigenvalue weighted by Gasteiger charge is -2.22. The summed E-state index contributed by atoms with van der Waals surface area (Å²) in [5, 5.41) is 19.3. The summed E-state index contributed by atoms with van der Waals surface area (Å²) < 4.78 is 5.31. The summed E-state index contributed by atoms with van der Waals surface area (Å²) in [5.74, 6) is -0.167. The third-order valence-corrected chi connectivity index (χ3v) is 5.26. The van der Waals surface area contributed by atoms with Crippen LogP contribution in [0.4, 0.5) is 17.1 Å². The number of unbranched alkanes of at least 4 members (excludes halogenated alkanes) is 3. The average Bonchev–Trinajstić information content (AvgIpc) is 2.77. The van der Waals surface area contributed by atoms with Gasteiger partial charge in [0.05, 0.1) is 5.69 Å². The zero-order chi connectivity index (χ0) is 24.3. The molecular weight excluding hydrogens is 414 g/mol. The first-order chi connectivity index (χ1) is 15.7. The Balaban J connectivity index is 2.08. The molecule has 0 fully saturated rings. The number of nitrogen functional groups attached to an aromatic ring is 1. The molecule has 2 aromatic carbocycles. The number of aryl methyl sites for hydroxylation is 1. The van der Waals surface area contributed by atoms with Gasteiger partial charge in [0.15, 0.2) is 0 Å². The Morgan fingerprint density at radius 3 is 2.52 bits per heavy atom. The van der Waals surface area contributed by atoms with Gasteiger partial charge in [-0.25, -0.2) is 0 Å². The molecule has 0 aliphatic rings. The molecule has 0 saturated heterocycles. The van der Waals surface area contributed by atoms with Crippen LogP contribution in [-0.4, -0.2) is 17.7 Å². The Hall–Kier alpha value is -3.15. The maximum atomic E-state index is 12.2. The minimum Gasteiger partial charge on any atom is -0.505 e. The number of hydrogen-bond acceptors (Lipinski definition) is 6. The number of nitrogens with zero attached hydrogens (tertiary/aromatic N) is 2. The second-order valence-electron chi connectivity index (χ2n) is 9.17. The summed E-state index contributed by atoms with van der Waals surface area (Å²) in [7, 11) is 0. The van der Waals surface area contributed by atoms with Crippen molar-refractivity contribution in [3.8, 4) is 5.75 Å². The number of ether oxygens (including phenoxy) is 1. The van der Waals surface area contributed by atoms with Crippen molar-refractivity contribution in [1.82, 2.24) is 0 Å². The average molecular weight is 452 g/mol. The molecule has 33 heavy (non-hydrogen) atoms. The van der Waals surface area contributed by atoms with Crippen LogP contribution in [0.25, 0.3) is 0 Å². The van der Waals surface area contributed by atoms with Crippen LogP contribution in [0.15, 0.2) is 58.8 Å². The summed E-state index contributed by atoms with van der Waals surface area (Å²) >= 11 is 0. The summed E-state index contributed by atoms with van der Waals surface area (Å²) in [6.45, 7) is 8.52. The molecule has 2 aromatic rings. The molecule has 3 N–H and O–H groups in total. The van der Waals surface area contributed by atoms with Crippen molar-refractivity contribution < 1.29 is 14.6 Å². The van der Waals surface area contributed by atoms with Gasteiger partial charge in [-0.05, 0) is 48.4 Å². The number of hydrogen-bond donors (Lipinski definition) is 2. The number of esters is 1. The van der Waals surface area contributed by atoms with Gasteiger partial charge in [0.2, 0.25) is 0 Å². The molecule has 0 aromatic heterocycles. The number of azo groups is 1. The first-order valence-corrected chi connectivity index (χ1v) is 11.7. The lowest BCUT2D eigenvalue weighted by atomic mass is 9.84. The molecule has 2 rings (SSSR count). The molecule has 6 heteroatoms. The van der Waals surface area contributed by atoms with E-state index in [4.69, 9.17) is 10.5 Å².